The lowest BCUT2D eigenvalue weighted by molar-refractivity contribution is 0.823. The van der Waals surface area contributed by atoms with Crippen molar-refractivity contribution in [1.29, 1.82) is 0 Å². The van der Waals surface area contributed by atoms with Gasteiger partial charge in [-0.3, -0.25) is 0 Å². The van der Waals surface area contributed by atoms with Crippen LogP contribution in [0.2, 0.25) is 0 Å². The Morgan fingerprint density at radius 1 is 1.44 bits per heavy atom. The number of rotatable bonds is 2. The number of hydrogen-bond acceptors (Lipinski definition) is 0. The van der Waals surface area contributed by atoms with Crippen molar-refractivity contribution in [1.82, 2.24) is 4.57 Å². The minimum Gasteiger partial charge on any atom is -0.338 e. The molecule has 1 heterocycles. The molecule has 0 aliphatic rings. The Morgan fingerprint density at radius 3 is 2.44 bits per heavy atom. The summed E-state index contributed by atoms with van der Waals surface area (Å²) in [4.78, 5) is 0.229. The SMILES string of the molecule is C=CC(Br)n1cccc1. The maximum atomic E-state index is 3.65. The highest BCUT2D eigenvalue weighted by atomic mass is 79.9. The number of allylic oxidation sites excluding steroid dienone is 1. The summed E-state index contributed by atoms with van der Waals surface area (Å²) in [7, 11) is 0. The molecule has 1 aromatic rings. The van der Waals surface area contributed by atoms with Gasteiger partial charge in [0.15, 0.2) is 0 Å². The molecule has 0 bridgehead atoms. The summed E-state index contributed by atoms with van der Waals surface area (Å²) in [5, 5.41) is 0. The smallest absolute Gasteiger partial charge is 0.106 e. The van der Waals surface area contributed by atoms with Gasteiger partial charge in [-0.25, -0.2) is 0 Å². The van der Waals surface area contributed by atoms with E-state index in [1.807, 2.05) is 35.2 Å². The molecule has 0 spiro atoms. The summed E-state index contributed by atoms with van der Waals surface area (Å²) in [5.41, 5.74) is 0. The third-order valence-corrected chi connectivity index (χ3v) is 1.95. The van der Waals surface area contributed by atoms with E-state index in [1.54, 1.807) is 0 Å². The van der Waals surface area contributed by atoms with Gasteiger partial charge in [0.2, 0.25) is 0 Å². The number of aromatic nitrogens is 1. The fourth-order valence-electron chi connectivity index (χ4n) is 0.634. The third kappa shape index (κ3) is 1.45. The van der Waals surface area contributed by atoms with Gasteiger partial charge in [-0.05, 0) is 12.1 Å². The Balaban J connectivity index is 2.76. The second-order valence-electron chi connectivity index (χ2n) is 1.74. The van der Waals surface area contributed by atoms with Crippen LogP contribution in [0.3, 0.4) is 0 Å². The molecule has 1 rings (SSSR count). The van der Waals surface area contributed by atoms with Crippen LogP contribution in [-0.2, 0) is 0 Å². The van der Waals surface area contributed by atoms with Crippen LogP contribution in [0.1, 0.15) is 4.95 Å². The Kier molecular flexibility index (Phi) is 2.11. The zero-order valence-electron chi connectivity index (χ0n) is 5.00. The lowest BCUT2D eigenvalue weighted by atomic mass is 10.6. The van der Waals surface area contributed by atoms with E-state index >= 15 is 0 Å². The molecule has 1 nitrogen and oxygen atoms in total. The molecule has 0 radical (unpaired) electrons. The number of nitrogens with zero attached hydrogens (tertiary/aromatic N) is 1. The molecule has 0 N–H and O–H groups in total. The van der Waals surface area contributed by atoms with Crippen LogP contribution in [0, 0.1) is 0 Å². The van der Waals surface area contributed by atoms with Crippen LogP contribution in [0.25, 0.3) is 0 Å². The first-order valence-electron chi connectivity index (χ1n) is 2.73. The van der Waals surface area contributed by atoms with Crippen molar-refractivity contribution in [3.05, 3.63) is 37.2 Å². The summed E-state index contributed by atoms with van der Waals surface area (Å²) in [5.74, 6) is 0. The number of alkyl halides is 1. The molecular formula is C7H8BrN. The normalized spacial score (nSPS) is 13.0. The van der Waals surface area contributed by atoms with E-state index in [1.165, 1.54) is 0 Å². The summed E-state index contributed by atoms with van der Waals surface area (Å²) < 4.78 is 2.02. The van der Waals surface area contributed by atoms with Crippen molar-refractivity contribution in [3.8, 4) is 0 Å². The molecule has 1 aromatic heterocycles. The Labute approximate surface area is 63.1 Å². The van der Waals surface area contributed by atoms with E-state index in [2.05, 4.69) is 22.5 Å². The van der Waals surface area contributed by atoms with E-state index in [4.69, 9.17) is 0 Å². The van der Waals surface area contributed by atoms with Crippen molar-refractivity contribution in [3.63, 3.8) is 0 Å². The van der Waals surface area contributed by atoms with Gasteiger partial charge < -0.3 is 4.57 Å². The summed E-state index contributed by atoms with van der Waals surface area (Å²) in [6, 6.07) is 3.97. The standard InChI is InChI=1S/C7H8BrN/c1-2-7(8)9-5-3-4-6-9/h2-7H,1H2. The second kappa shape index (κ2) is 2.87. The first-order valence-corrected chi connectivity index (χ1v) is 3.65. The molecule has 9 heavy (non-hydrogen) atoms. The lowest BCUT2D eigenvalue weighted by Gasteiger charge is -2.03. The monoisotopic (exact) mass is 185 g/mol. The Morgan fingerprint density at radius 2 is 2.00 bits per heavy atom. The van der Waals surface area contributed by atoms with Crippen molar-refractivity contribution in [2.45, 2.75) is 4.95 Å². The molecule has 1 atom stereocenters. The van der Waals surface area contributed by atoms with E-state index in [9.17, 15) is 0 Å². The van der Waals surface area contributed by atoms with Gasteiger partial charge in [-0.1, -0.05) is 22.0 Å². The van der Waals surface area contributed by atoms with Gasteiger partial charge in [-0.2, -0.15) is 0 Å². The van der Waals surface area contributed by atoms with Gasteiger partial charge in [0.1, 0.15) is 4.95 Å². The predicted octanol–water partition coefficient (Wildman–Crippen LogP) is 2.57. The minimum absolute atomic E-state index is 0.229. The quantitative estimate of drug-likeness (QED) is 0.494. The fraction of sp³-hybridized carbons (Fsp3) is 0.143. The van der Waals surface area contributed by atoms with E-state index < -0.39 is 0 Å². The molecule has 2 heteroatoms. The molecule has 48 valence electrons. The zero-order chi connectivity index (χ0) is 6.69. The molecule has 0 saturated heterocycles. The molecular weight excluding hydrogens is 178 g/mol. The van der Waals surface area contributed by atoms with Crippen LogP contribution >= 0.6 is 15.9 Å². The average molecular weight is 186 g/mol. The average Bonchev–Trinajstić information content (AvgIpc) is 2.37. The number of hydrogen-bond donors (Lipinski definition) is 0. The highest BCUT2D eigenvalue weighted by Crippen LogP contribution is 2.14. The van der Waals surface area contributed by atoms with E-state index in [0.29, 0.717) is 0 Å². The third-order valence-electron chi connectivity index (χ3n) is 1.11. The molecule has 0 aliphatic heterocycles. The van der Waals surface area contributed by atoms with Crippen LogP contribution in [0.15, 0.2) is 37.2 Å². The van der Waals surface area contributed by atoms with Gasteiger partial charge in [0.25, 0.3) is 0 Å². The van der Waals surface area contributed by atoms with Crippen molar-refractivity contribution in [2.24, 2.45) is 0 Å². The maximum Gasteiger partial charge on any atom is 0.106 e. The minimum atomic E-state index is 0.229. The Hall–Kier alpha value is -0.500. The first-order chi connectivity index (χ1) is 4.34. The van der Waals surface area contributed by atoms with Gasteiger partial charge in [0.05, 0.1) is 0 Å². The van der Waals surface area contributed by atoms with Crippen LogP contribution in [0.4, 0.5) is 0 Å². The van der Waals surface area contributed by atoms with E-state index in [-0.39, 0.29) is 4.95 Å². The molecule has 0 amide bonds. The second-order valence-corrected chi connectivity index (χ2v) is 2.68. The summed E-state index contributed by atoms with van der Waals surface area (Å²) >= 11 is 3.41. The van der Waals surface area contributed by atoms with Crippen molar-refractivity contribution in [2.75, 3.05) is 0 Å². The molecule has 0 aromatic carbocycles. The number of halogens is 1. The lowest BCUT2D eigenvalue weighted by Crippen LogP contribution is -1.92. The fourth-order valence-corrected chi connectivity index (χ4v) is 0.907. The van der Waals surface area contributed by atoms with Gasteiger partial charge in [-0.15, -0.1) is 6.58 Å². The molecule has 0 aliphatic carbocycles. The van der Waals surface area contributed by atoms with Gasteiger partial charge in [0, 0.05) is 12.4 Å². The largest absolute Gasteiger partial charge is 0.338 e. The topological polar surface area (TPSA) is 4.93 Å². The predicted molar refractivity (Wildman–Crippen MR) is 42.6 cm³/mol. The first kappa shape index (κ1) is 6.62. The molecule has 0 saturated carbocycles. The summed E-state index contributed by atoms with van der Waals surface area (Å²) in [6.07, 6.45) is 5.81. The van der Waals surface area contributed by atoms with Crippen LogP contribution in [-0.4, -0.2) is 4.57 Å². The maximum absolute atomic E-state index is 3.65. The van der Waals surface area contributed by atoms with Crippen molar-refractivity contribution >= 4 is 15.9 Å². The summed E-state index contributed by atoms with van der Waals surface area (Å²) in [6.45, 7) is 3.65. The van der Waals surface area contributed by atoms with Crippen LogP contribution < -0.4 is 0 Å². The van der Waals surface area contributed by atoms with Gasteiger partial charge >= 0.3 is 0 Å². The highest BCUT2D eigenvalue weighted by Gasteiger charge is 1.95. The highest BCUT2D eigenvalue weighted by molar-refractivity contribution is 9.09. The van der Waals surface area contributed by atoms with E-state index in [0.717, 1.165) is 0 Å². The van der Waals surface area contributed by atoms with Crippen molar-refractivity contribution < 1.29 is 0 Å². The van der Waals surface area contributed by atoms with Crippen LogP contribution in [0.5, 0.6) is 0 Å². The Bertz CT molecular complexity index is 179. The molecule has 0 fully saturated rings. The molecule has 1 unspecified atom stereocenters. The zero-order valence-corrected chi connectivity index (χ0v) is 6.58.